The average molecular weight is 425 g/mol. The van der Waals surface area contributed by atoms with Crippen LogP contribution >= 0.6 is 22.9 Å². The first-order valence-corrected chi connectivity index (χ1v) is 10.2. The van der Waals surface area contributed by atoms with Gasteiger partial charge in [0.05, 0.1) is 11.4 Å². The Morgan fingerprint density at radius 3 is 2.55 bits per heavy atom. The van der Waals surface area contributed by atoms with E-state index in [1.165, 1.54) is 16.3 Å². The highest BCUT2D eigenvalue weighted by molar-refractivity contribution is 7.16. The molecule has 0 aliphatic carbocycles. The number of rotatable bonds is 4. The molecule has 0 bridgehead atoms. The minimum absolute atomic E-state index is 0.136. The van der Waals surface area contributed by atoms with Crippen molar-refractivity contribution in [3.8, 4) is 11.3 Å². The maximum atomic E-state index is 12.7. The summed E-state index contributed by atoms with van der Waals surface area (Å²) in [5, 5.41) is 9.52. The Balaban J connectivity index is 1.54. The van der Waals surface area contributed by atoms with Gasteiger partial charge in [0.25, 0.3) is 5.91 Å². The van der Waals surface area contributed by atoms with Crippen molar-refractivity contribution in [2.24, 2.45) is 5.10 Å². The molecule has 2 heterocycles. The highest BCUT2D eigenvalue weighted by atomic mass is 35.5. The molecule has 4 rings (SSSR count). The lowest BCUT2D eigenvalue weighted by Gasteiger charge is -2.22. The van der Waals surface area contributed by atoms with Gasteiger partial charge in [0.15, 0.2) is 5.13 Å². The summed E-state index contributed by atoms with van der Waals surface area (Å²) in [6, 6.07) is 16.5. The number of carbonyl (C=O) groups is 2. The summed E-state index contributed by atoms with van der Waals surface area (Å²) < 4.78 is 0. The third-order valence-corrected chi connectivity index (χ3v) is 5.57. The van der Waals surface area contributed by atoms with Crippen LogP contribution in [0.2, 0.25) is 5.02 Å². The molecule has 1 aromatic heterocycles. The third-order valence-electron chi connectivity index (χ3n) is 4.43. The van der Waals surface area contributed by atoms with Crippen LogP contribution in [0.25, 0.3) is 11.3 Å². The van der Waals surface area contributed by atoms with Gasteiger partial charge in [-0.3, -0.25) is 14.9 Å². The van der Waals surface area contributed by atoms with Gasteiger partial charge in [-0.15, -0.1) is 11.3 Å². The molecule has 29 heavy (non-hydrogen) atoms. The fourth-order valence-corrected chi connectivity index (χ4v) is 3.94. The second kappa shape index (κ2) is 8.14. The Labute approximate surface area is 176 Å². The maximum Gasteiger partial charge on any atom is 0.273 e. The molecule has 0 saturated carbocycles. The van der Waals surface area contributed by atoms with Crippen molar-refractivity contribution in [2.45, 2.75) is 19.8 Å². The number of nitrogens with zero attached hydrogens (tertiary/aromatic N) is 3. The Hall–Kier alpha value is -3.03. The first-order valence-electron chi connectivity index (χ1n) is 9.01. The van der Waals surface area contributed by atoms with Gasteiger partial charge in [-0.05, 0) is 31.2 Å². The Kier molecular flexibility index (Phi) is 5.42. The molecule has 3 aromatic rings. The van der Waals surface area contributed by atoms with Gasteiger partial charge in [0, 0.05) is 28.3 Å². The molecule has 2 aromatic carbocycles. The number of carbonyl (C=O) groups excluding carboxylic acids is 2. The summed E-state index contributed by atoms with van der Waals surface area (Å²) in [6.45, 7) is 1.95. The maximum absolute atomic E-state index is 12.7. The number of anilines is 2. The summed E-state index contributed by atoms with van der Waals surface area (Å²) in [5.41, 5.74) is 2.67. The predicted molar refractivity (Wildman–Crippen MR) is 117 cm³/mol. The summed E-state index contributed by atoms with van der Waals surface area (Å²) >= 11 is 7.34. The number of halogens is 1. The van der Waals surface area contributed by atoms with Gasteiger partial charge in [-0.25, -0.2) is 9.99 Å². The highest BCUT2D eigenvalue weighted by Crippen LogP contribution is 2.31. The van der Waals surface area contributed by atoms with E-state index in [1.807, 2.05) is 37.3 Å². The lowest BCUT2D eigenvalue weighted by molar-refractivity contribution is -0.118. The molecule has 0 saturated heterocycles. The Morgan fingerprint density at radius 2 is 1.83 bits per heavy atom. The van der Waals surface area contributed by atoms with Crippen LogP contribution in [0.1, 0.15) is 17.7 Å². The van der Waals surface area contributed by atoms with Gasteiger partial charge >= 0.3 is 0 Å². The van der Waals surface area contributed by atoms with Crippen molar-refractivity contribution in [2.75, 3.05) is 10.3 Å². The second-order valence-electron chi connectivity index (χ2n) is 6.47. The second-order valence-corrected chi connectivity index (χ2v) is 8.11. The fourth-order valence-electron chi connectivity index (χ4n) is 2.98. The van der Waals surface area contributed by atoms with E-state index in [2.05, 4.69) is 15.4 Å². The fraction of sp³-hybridized carbons (Fsp3) is 0.143. The van der Waals surface area contributed by atoms with Gasteiger partial charge < -0.3 is 0 Å². The lowest BCUT2D eigenvalue weighted by Crippen LogP contribution is -2.36. The van der Waals surface area contributed by atoms with Gasteiger partial charge in [0.2, 0.25) is 5.91 Å². The summed E-state index contributed by atoms with van der Waals surface area (Å²) in [7, 11) is 0. The van der Waals surface area contributed by atoms with E-state index in [1.54, 1.807) is 24.3 Å². The first kappa shape index (κ1) is 19.3. The number of amides is 2. The minimum Gasteiger partial charge on any atom is -0.297 e. The summed E-state index contributed by atoms with van der Waals surface area (Å²) in [6.07, 6.45) is 0.524. The molecule has 0 unspecified atom stereocenters. The van der Waals surface area contributed by atoms with E-state index >= 15 is 0 Å². The highest BCUT2D eigenvalue weighted by Gasteiger charge is 2.26. The smallest absolute Gasteiger partial charge is 0.273 e. The van der Waals surface area contributed by atoms with Crippen molar-refractivity contribution < 1.29 is 9.59 Å². The largest absolute Gasteiger partial charge is 0.297 e. The average Bonchev–Trinajstić information content (AvgIpc) is 3.09. The number of aromatic nitrogens is 1. The van der Waals surface area contributed by atoms with Gasteiger partial charge in [0.1, 0.15) is 5.71 Å². The van der Waals surface area contributed by atoms with Crippen LogP contribution in [0.3, 0.4) is 0 Å². The van der Waals surface area contributed by atoms with E-state index in [9.17, 15) is 9.59 Å². The number of hydrogen-bond acceptors (Lipinski definition) is 5. The molecule has 1 N–H and O–H groups in total. The van der Waals surface area contributed by atoms with Crippen LogP contribution in [-0.4, -0.2) is 22.5 Å². The molecule has 0 atom stereocenters. The zero-order chi connectivity index (χ0) is 20.4. The Morgan fingerprint density at radius 1 is 1.10 bits per heavy atom. The van der Waals surface area contributed by atoms with Crippen LogP contribution in [-0.2, 0) is 9.59 Å². The third kappa shape index (κ3) is 4.21. The quantitative estimate of drug-likeness (QED) is 0.647. The van der Waals surface area contributed by atoms with Crippen LogP contribution in [0.5, 0.6) is 0 Å². The Bertz CT molecular complexity index is 1090. The normalized spacial score (nSPS) is 13.9. The van der Waals surface area contributed by atoms with Crippen LogP contribution in [0, 0.1) is 6.92 Å². The molecule has 146 valence electrons. The number of hydrogen-bond donors (Lipinski definition) is 1. The zero-order valence-corrected chi connectivity index (χ0v) is 17.1. The monoisotopic (exact) mass is 424 g/mol. The van der Waals surface area contributed by atoms with Crippen LogP contribution in [0.4, 0.5) is 10.8 Å². The van der Waals surface area contributed by atoms with E-state index < -0.39 is 0 Å². The molecule has 0 radical (unpaired) electrons. The van der Waals surface area contributed by atoms with Gasteiger partial charge in [-0.1, -0.05) is 41.9 Å². The number of aryl methyl sites for hydroxylation is 1. The number of para-hydroxylation sites is 1. The molecule has 8 heteroatoms. The number of benzene rings is 2. The standard InChI is InChI=1S/C21H17ClN4O2S/c1-13-19(14-7-9-15(22)10-8-14)23-21(29-13)24-20(28)17-11-12-18(27)26(25-17)16-5-3-2-4-6-16/h2-10H,11-12H2,1H3,(H,23,24,28). The topological polar surface area (TPSA) is 74.7 Å². The molecule has 6 nitrogen and oxygen atoms in total. The molecule has 2 amide bonds. The number of hydrazone groups is 1. The predicted octanol–water partition coefficient (Wildman–Crippen LogP) is 4.89. The molecule has 0 spiro atoms. The molecular formula is C21H17ClN4O2S. The van der Waals surface area contributed by atoms with E-state index in [-0.39, 0.29) is 18.2 Å². The van der Waals surface area contributed by atoms with Crippen molar-refractivity contribution >= 4 is 51.3 Å². The van der Waals surface area contributed by atoms with Crippen molar-refractivity contribution in [3.05, 3.63) is 64.5 Å². The van der Waals surface area contributed by atoms with E-state index in [0.29, 0.717) is 28.0 Å². The van der Waals surface area contributed by atoms with Crippen molar-refractivity contribution in [1.82, 2.24) is 4.98 Å². The van der Waals surface area contributed by atoms with Crippen LogP contribution in [0.15, 0.2) is 59.7 Å². The minimum atomic E-state index is -0.352. The van der Waals surface area contributed by atoms with Crippen LogP contribution < -0.4 is 10.3 Å². The zero-order valence-electron chi connectivity index (χ0n) is 15.6. The van der Waals surface area contributed by atoms with E-state index in [4.69, 9.17) is 11.6 Å². The number of thiazole rings is 1. The van der Waals surface area contributed by atoms with E-state index in [0.717, 1.165) is 16.1 Å². The SMILES string of the molecule is Cc1sc(NC(=O)C2=NN(c3ccccc3)C(=O)CC2)nc1-c1ccc(Cl)cc1. The van der Waals surface area contributed by atoms with Gasteiger partial charge in [-0.2, -0.15) is 5.10 Å². The first-order chi connectivity index (χ1) is 14.0. The number of nitrogens with one attached hydrogen (secondary N) is 1. The molecule has 0 fully saturated rings. The summed E-state index contributed by atoms with van der Waals surface area (Å²) in [5.74, 6) is -0.488. The lowest BCUT2D eigenvalue weighted by atomic mass is 10.1. The molecular weight excluding hydrogens is 408 g/mol. The summed E-state index contributed by atoms with van der Waals surface area (Å²) in [4.78, 5) is 30.5. The van der Waals surface area contributed by atoms with Crippen molar-refractivity contribution in [3.63, 3.8) is 0 Å². The van der Waals surface area contributed by atoms with Crippen molar-refractivity contribution in [1.29, 1.82) is 0 Å². The molecule has 1 aliphatic rings. The molecule has 1 aliphatic heterocycles.